The molecule has 0 saturated carbocycles. The van der Waals surface area contributed by atoms with Crippen LogP contribution in [0.4, 0.5) is 4.79 Å². The average molecular weight is 260 g/mol. The first kappa shape index (κ1) is 16.7. The molecule has 0 saturated heterocycles. The SMILES string of the molecule is CCCN(CCO)C(=O)N(CCC(=O)O)C(C)C. The molecule has 0 aliphatic carbocycles. The fourth-order valence-corrected chi connectivity index (χ4v) is 1.67. The molecule has 0 radical (unpaired) electrons. The molecule has 0 unspecified atom stereocenters. The molecular formula is C12H24N2O4. The van der Waals surface area contributed by atoms with Crippen LogP contribution >= 0.6 is 0 Å². The van der Waals surface area contributed by atoms with Crippen LogP contribution < -0.4 is 0 Å². The minimum absolute atomic E-state index is 0.0603. The summed E-state index contributed by atoms with van der Waals surface area (Å²) in [6.07, 6.45) is 0.736. The summed E-state index contributed by atoms with van der Waals surface area (Å²) in [5.74, 6) is -0.919. The highest BCUT2D eigenvalue weighted by Gasteiger charge is 2.22. The van der Waals surface area contributed by atoms with Gasteiger partial charge in [-0.15, -0.1) is 0 Å². The van der Waals surface area contributed by atoms with Gasteiger partial charge < -0.3 is 20.0 Å². The van der Waals surface area contributed by atoms with Crippen molar-refractivity contribution in [2.45, 2.75) is 39.7 Å². The molecule has 0 aliphatic rings. The van der Waals surface area contributed by atoms with Crippen LogP contribution in [0.25, 0.3) is 0 Å². The van der Waals surface area contributed by atoms with Gasteiger partial charge in [-0.05, 0) is 20.3 Å². The van der Waals surface area contributed by atoms with Crippen LogP contribution in [0.2, 0.25) is 0 Å². The summed E-state index contributed by atoms with van der Waals surface area (Å²) in [7, 11) is 0. The quantitative estimate of drug-likeness (QED) is 0.682. The molecule has 0 aromatic rings. The van der Waals surface area contributed by atoms with Gasteiger partial charge in [0.25, 0.3) is 0 Å². The standard InChI is InChI=1S/C12H24N2O4/c1-4-6-13(8-9-15)12(18)14(10(2)3)7-5-11(16)17/h10,15H,4-9H2,1-3H3,(H,16,17). The zero-order valence-corrected chi connectivity index (χ0v) is 11.4. The van der Waals surface area contributed by atoms with Gasteiger partial charge >= 0.3 is 12.0 Å². The fourth-order valence-electron chi connectivity index (χ4n) is 1.67. The van der Waals surface area contributed by atoms with Gasteiger partial charge in [0.05, 0.1) is 13.0 Å². The van der Waals surface area contributed by atoms with Crippen LogP contribution in [0.3, 0.4) is 0 Å². The molecule has 106 valence electrons. The number of carboxylic acid groups (broad SMARTS) is 1. The van der Waals surface area contributed by atoms with E-state index in [0.717, 1.165) is 6.42 Å². The third-order valence-electron chi connectivity index (χ3n) is 2.57. The predicted octanol–water partition coefficient (Wildman–Crippen LogP) is 0.996. The van der Waals surface area contributed by atoms with Crippen molar-refractivity contribution >= 4 is 12.0 Å². The lowest BCUT2D eigenvalue weighted by Gasteiger charge is -2.32. The van der Waals surface area contributed by atoms with Crippen LogP contribution in [0.15, 0.2) is 0 Å². The van der Waals surface area contributed by atoms with Crippen molar-refractivity contribution in [3.8, 4) is 0 Å². The van der Waals surface area contributed by atoms with E-state index in [1.54, 1.807) is 4.90 Å². The molecule has 0 bridgehead atoms. The number of hydrogen-bond acceptors (Lipinski definition) is 3. The molecule has 6 heteroatoms. The van der Waals surface area contributed by atoms with Crippen LogP contribution in [-0.2, 0) is 4.79 Å². The summed E-state index contributed by atoms with van der Waals surface area (Å²) in [5.41, 5.74) is 0. The highest BCUT2D eigenvalue weighted by molar-refractivity contribution is 5.75. The van der Waals surface area contributed by atoms with E-state index in [0.29, 0.717) is 6.54 Å². The molecule has 2 N–H and O–H groups in total. The average Bonchev–Trinajstić information content (AvgIpc) is 2.27. The molecule has 0 rings (SSSR count). The summed E-state index contributed by atoms with van der Waals surface area (Å²) in [6, 6.07) is -0.267. The number of hydrogen-bond donors (Lipinski definition) is 2. The molecule has 0 aromatic carbocycles. The Morgan fingerprint density at radius 1 is 1.17 bits per heavy atom. The fraction of sp³-hybridized carbons (Fsp3) is 0.833. The summed E-state index contributed by atoms with van der Waals surface area (Å²) < 4.78 is 0. The lowest BCUT2D eigenvalue weighted by atomic mass is 10.3. The van der Waals surface area contributed by atoms with E-state index in [4.69, 9.17) is 10.2 Å². The van der Waals surface area contributed by atoms with Gasteiger partial charge in [0, 0.05) is 25.7 Å². The summed E-state index contributed by atoms with van der Waals surface area (Å²) in [6.45, 7) is 6.60. The predicted molar refractivity (Wildman–Crippen MR) is 68.4 cm³/mol. The highest BCUT2D eigenvalue weighted by Crippen LogP contribution is 2.06. The van der Waals surface area contributed by atoms with Crippen molar-refractivity contribution in [1.29, 1.82) is 0 Å². The largest absolute Gasteiger partial charge is 0.481 e. The first-order chi connectivity index (χ1) is 8.43. The Balaban J connectivity index is 4.64. The second-order valence-corrected chi connectivity index (χ2v) is 4.42. The van der Waals surface area contributed by atoms with E-state index in [2.05, 4.69) is 0 Å². The Morgan fingerprint density at radius 3 is 2.17 bits per heavy atom. The topological polar surface area (TPSA) is 81.1 Å². The van der Waals surface area contributed by atoms with E-state index >= 15 is 0 Å². The smallest absolute Gasteiger partial charge is 0.320 e. The Kier molecular flexibility index (Phi) is 8.11. The number of carbonyl (C=O) groups excluding carboxylic acids is 1. The van der Waals surface area contributed by atoms with Gasteiger partial charge in [-0.2, -0.15) is 0 Å². The van der Waals surface area contributed by atoms with Crippen LogP contribution in [0.5, 0.6) is 0 Å². The third kappa shape index (κ3) is 5.86. The number of carbonyl (C=O) groups is 2. The van der Waals surface area contributed by atoms with E-state index in [-0.39, 0.29) is 38.2 Å². The lowest BCUT2D eigenvalue weighted by Crippen LogP contribution is -2.48. The van der Waals surface area contributed by atoms with Gasteiger partial charge in [-0.1, -0.05) is 6.92 Å². The number of aliphatic carboxylic acids is 1. The maximum absolute atomic E-state index is 12.2. The number of urea groups is 1. The molecule has 6 nitrogen and oxygen atoms in total. The third-order valence-corrected chi connectivity index (χ3v) is 2.57. The van der Waals surface area contributed by atoms with Gasteiger partial charge in [0.15, 0.2) is 0 Å². The Hall–Kier alpha value is -1.30. The molecule has 0 heterocycles. The Bertz CT molecular complexity index is 263. The molecule has 2 amide bonds. The van der Waals surface area contributed by atoms with Crippen molar-refractivity contribution < 1.29 is 19.8 Å². The maximum Gasteiger partial charge on any atom is 0.320 e. The van der Waals surface area contributed by atoms with E-state index < -0.39 is 5.97 Å². The molecule has 0 spiro atoms. The Labute approximate surface area is 108 Å². The molecule has 0 atom stereocenters. The summed E-state index contributed by atoms with van der Waals surface area (Å²) >= 11 is 0. The molecule has 0 aliphatic heterocycles. The zero-order valence-electron chi connectivity index (χ0n) is 11.4. The van der Waals surface area contributed by atoms with Gasteiger partial charge in [-0.3, -0.25) is 4.79 Å². The second-order valence-electron chi connectivity index (χ2n) is 4.42. The first-order valence-electron chi connectivity index (χ1n) is 6.32. The number of aliphatic hydroxyl groups excluding tert-OH is 1. The zero-order chi connectivity index (χ0) is 14.1. The van der Waals surface area contributed by atoms with Crippen molar-refractivity contribution in [2.75, 3.05) is 26.2 Å². The van der Waals surface area contributed by atoms with Crippen LogP contribution in [0.1, 0.15) is 33.6 Å². The molecular weight excluding hydrogens is 236 g/mol. The summed E-state index contributed by atoms with van der Waals surface area (Å²) in [4.78, 5) is 25.9. The maximum atomic E-state index is 12.2. The number of nitrogens with zero attached hydrogens (tertiary/aromatic N) is 2. The number of rotatable bonds is 8. The van der Waals surface area contributed by atoms with Gasteiger partial charge in [-0.25, -0.2) is 4.79 Å². The lowest BCUT2D eigenvalue weighted by molar-refractivity contribution is -0.137. The molecule has 0 fully saturated rings. The number of aliphatic hydroxyl groups is 1. The highest BCUT2D eigenvalue weighted by atomic mass is 16.4. The van der Waals surface area contributed by atoms with Crippen molar-refractivity contribution in [1.82, 2.24) is 9.80 Å². The van der Waals surface area contributed by atoms with Gasteiger partial charge in [0.2, 0.25) is 0 Å². The van der Waals surface area contributed by atoms with E-state index in [1.165, 1.54) is 4.90 Å². The minimum atomic E-state index is -0.919. The summed E-state index contributed by atoms with van der Waals surface area (Å²) in [5, 5.41) is 17.6. The van der Waals surface area contributed by atoms with E-state index in [9.17, 15) is 9.59 Å². The van der Waals surface area contributed by atoms with E-state index in [1.807, 2.05) is 20.8 Å². The van der Waals surface area contributed by atoms with Crippen molar-refractivity contribution in [3.63, 3.8) is 0 Å². The molecule has 0 aromatic heterocycles. The van der Waals surface area contributed by atoms with Crippen molar-refractivity contribution in [2.24, 2.45) is 0 Å². The van der Waals surface area contributed by atoms with Crippen LogP contribution in [-0.4, -0.2) is 64.3 Å². The second kappa shape index (κ2) is 8.74. The first-order valence-corrected chi connectivity index (χ1v) is 6.32. The van der Waals surface area contributed by atoms with Crippen molar-refractivity contribution in [3.05, 3.63) is 0 Å². The van der Waals surface area contributed by atoms with Gasteiger partial charge in [0.1, 0.15) is 0 Å². The Morgan fingerprint density at radius 2 is 1.78 bits per heavy atom. The monoisotopic (exact) mass is 260 g/mol. The van der Waals surface area contributed by atoms with Crippen LogP contribution in [0, 0.1) is 0 Å². The normalized spacial score (nSPS) is 10.5. The molecule has 18 heavy (non-hydrogen) atoms. The number of amides is 2. The number of carboxylic acids is 1. The minimum Gasteiger partial charge on any atom is -0.481 e.